The Labute approximate surface area is 148 Å². The molecule has 3 atom stereocenters. The van der Waals surface area contributed by atoms with Crippen molar-refractivity contribution in [2.75, 3.05) is 12.3 Å². The number of allylic oxidation sites excluding steroid dienone is 2. The average molecular weight is 349 g/mol. The van der Waals surface area contributed by atoms with Crippen molar-refractivity contribution in [3.8, 4) is 0 Å². The number of anilines is 1. The molecule has 0 radical (unpaired) electrons. The quantitative estimate of drug-likeness (QED) is 0.523. The fourth-order valence-electron chi connectivity index (χ4n) is 4.04. The Hall–Kier alpha value is -1.40. The second-order valence-electron chi connectivity index (χ2n) is 7.38. The first-order valence-corrected chi connectivity index (χ1v) is 9.75. The normalized spacial score (nSPS) is 28.1. The average Bonchev–Trinajstić information content (AvgIpc) is 3.25. The van der Waals surface area contributed by atoms with Crippen LogP contribution in [0.2, 0.25) is 0 Å². The van der Waals surface area contributed by atoms with Crippen LogP contribution in [0.15, 0.2) is 17.0 Å². The van der Waals surface area contributed by atoms with Crippen LogP contribution in [0.5, 0.6) is 0 Å². The summed E-state index contributed by atoms with van der Waals surface area (Å²) in [6.07, 6.45) is 8.12. The molecule has 0 aromatic carbocycles. The number of rotatable bonds is 7. The van der Waals surface area contributed by atoms with Gasteiger partial charge in [0.15, 0.2) is 5.13 Å². The zero-order valence-corrected chi connectivity index (χ0v) is 15.4. The Morgan fingerprint density at radius 1 is 1.54 bits per heavy atom. The third-order valence-electron chi connectivity index (χ3n) is 5.31. The Balaban J connectivity index is 1.55. The smallest absolute Gasteiger partial charge is 0.228 e. The SMILES string of the molecule is CC(C)=CC[C@@]1(C(=O)NCCCc2csc(N)n2)C[C@@H]2CC[C@H]1N2. The summed E-state index contributed by atoms with van der Waals surface area (Å²) < 4.78 is 0. The van der Waals surface area contributed by atoms with Crippen molar-refractivity contribution in [3.63, 3.8) is 0 Å². The molecule has 3 rings (SSSR count). The van der Waals surface area contributed by atoms with Gasteiger partial charge in [0.2, 0.25) is 5.91 Å². The van der Waals surface area contributed by atoms with E-state index in [0.29, 0.717) is 23.8 Å². The number of hydrogen-bond acceptors (Lipinski definition) is 5. The van der Waals surface area contributed by atoms with E-state index in [1.165, 1.54) is 23.3 Å². The maximum absolute atomic E-state index is 13.0. The summed E-state index contributed by atoms with van der Waals surface area (Å²) in [6, 6.07) is 0.848. The summed E-state index contributed by atoms with van der Waals surface area (Å²) in [4.78, 5) is 17.2. The standard InChI is InChI=1S/C18H28N4OS/c1-12(2)7-8-18(10-13-5-6-15(18)21-13)16(23)20-9-3-4-14-11-24-17(19)22-14/h7,11,13,15,21H,3-6,8-10H2,1-2H3,(H2,19,22)(H,20,23)/t13-,15+,18+/m0/s1. The lowest BCUT2D eigenvalue weighted by Gasteiger charge is -2.34. The Morgan fingerprint density at radius 3 is 2.96 bits per heavy atom. The van der Waals surface area contributed by atoms with Crippen LogP contribution in [0.1, 0.15) is 51.6 Å². The number of carbonyl (C=O) groups is 1. The third kappa shape index (κ3) is 3.64. The highest BCUT2D eigenvalue weighted by molar-refractivity contribution is 7.13. The van der Waals surface area contributed by atoms with Crippen LogP contribution < -0.4 is 16.4 Å². The van der Waals surface area contributed by atoms with E-state index in [1.807, 2.05) is 5.38 Å². The summed E-state index contributed by atoms with van der Waals surface area (Å²) in [5.74, 6) is 0.220. The van der Waals surface area contributed by atoms with E-state index >= 15 is 0 Å². The number of fused-ring (bicyclic) bond motifs is 2. The first-order chi connectivity index (χ1) is 11.5. The molecule has 1 aromatic heterocycles. The van der Waals surface area contributed by atoms with Crippen molar-refractivity contribution in [2.24, 2.45) is 5.41 Å². The van der Waals surface area contributed by atoms with Crippen LogP contribution >= 0.6 is 11.3 Å². The van der Waals surface area contributed by atoms with Crippen molar-refractivity contribution in [3.05, 3.63) is 22.7 Å². The number of nitrogen functional groups attached to an aromatic ring is 1. The minimum atomic E-state index is -0.259. The predicted molar refractivity (Wildman–Crippen MR) is 98.9 cm³/mol. The molecule has 6 heteroatoms. The molecule has 1 aromatic rings. The van der Waals surface area contributed by atoms with E-state index in [9.17, 15) is 4.79 Å². The second kappa shape index (κ2) is 7.23. The topological polar surface area (TPSA) is 80.0 Å². The van der Waals surface area contributed by atoms with E-state index < -0.39 is 0 Å². The van der Waals surface area contributed by atoms with Gasteiger partial charge in [0, 0.05) is 24.0 Å². The van der Waals surface area contributed by atoms with Gasteiger partial charge < -0.3 is 16.4 Å². The third-order valence-corrected chi connectivity index (χ3v) is 6.03. The number of carbonyl (C=O) groups excluding carboxylic acids is 1. The van der Waals surface area contributed by atoms with E-state index in [4.69, 9.17) is 5.73 Å². The van der Waals surface area contributed by atoms with E-state index in [2.05, 4.69) is 35.5 Å². The van der Waals surface area contributed by atoms with Gasteiger partial charge in [0.05, 0.1) is 11.1 Å². The number of thiazole rings is 1. The fraction of sp³-hybridized carbons (Fsp3) is 0.667. The molecule has 2 aliphatic heterocycles. The Bertz CT molecular complexity index is 622. The molecule has 0 unspecified atom stereocenters. The molecule has 2 bridgehead atoms. The number of nitrogens with one attached hydrogen (secondary N) is 2. The van der Waals surface area contributed by atoms with Crippen molar-refractivity contribution in [1.82, 2.24) is 15.6 Å². The zero-order chi connectivity index (χ0) is 17.2. The minimum absolute atomic E-state index is 0.220. The largest absolute Gasteiger partial charge is 0.375 e. The first-order valence-electron chi connectivity index (χ1n) is 8.87. The maximum Gasteiger partial charge on any atom is 0.228 e. The van der Waals surface area contributed by atoms with Crippen molar-refractivity contribution in [1.29, 1.82) is 0 Å². The number of aromatic nitrogens is 1. The van der Waals surface area contributed by atoms with Gasteiger partial charge >= 0.3 is 0 Å². The Kier molecular flexibility index (Phi) is 5.25. The lowest BCUT2D eigenvalue weighted by Crippen LogP contribution is -2.48. The maximum atomic E-state index is 13.0. The van der Waals surface area contributed by atoms with Gasteiger partial charge in [-0.15, -0.1) is 11.3 Å². The monoisotopic (exact) mass is 348 g/mol. The van der Waals surface area contributed by atoms with Crippen LogP contribution in [0, 0.1) is 5.41 Å². The van der Waals surface area contributed by atoms with Crippen molar-refractivity contribution < 1.29 is 4.79 Å². The zero-order valence-electron chi connectivity index (χ0n) is 14.6. The molecule has 24 heavy (non-hydrogen) atoms. The number of aryl methyl sites for hydroxylation is 1. The van der Waals surface area contributed by atoms with Gasteiger partial charge in [0.1, 0.15) is 0 Å². The molecule has 4 N–H and O–H groups in total. The lowest BCUT2D eigenvalue weighted by atomic mass is 9.70. The van der Waals surface area contributed by atoms with E-state index in [-0.39, 0.29) is 11.3 Å². The van der Waals surface area contributed by atoms with Gasteiger partial charge in [-0.1, -0.05) is 11.6 Å². The second-order valence-corrected chi connectivity index (χ2v) is 8.27. The fourth-order valence-corrected chi connectivity index (χ4v) is 4.64. The van der Waals surface area contributed by atoms with Crippen LogP contribution in [0.3, 0.4) is 0 Å². The molecule has 3 heterocycles. The Morgan fingerprint density at radius 2 is 2.38 bits per heavy atom. The molecule has 0 aliphatic carbocycles. The number of amides is 1. The lowest BCUT2D eigenvalue weighted by molar-refractivity contribution is -0.132. The highest BCUT2D eigenvalue weighted by Gasteiger charge is 2.54. The molecule has 132 valence electrons. The van der Waals surface area contributed by atoms with Crippen molar-refractivity contribution in [2.45, 2.75) is 64.5 Å². The molecule has 1 amide bonds. The molecule has 0 spiro atoms. The molecule has 2 aliphatic rings. The van der Waals surface area contributed by atoms with Crippen LogP contribution in [-0.2, 0) is 11.2 Å². The molecule has 2 saturated heterocycles. The highest BCUT2D eigenvalue weighted by atomic mass is 32.1. The molecule has 2 fully saturated rings. The summed E-state index contributed by atoms with van der Waals surface area (Å²) in [7, 11) is 0. The minimum Gasteiger partial charge on any atom is -0.375 e. The van der Waals surface area contributed by atoms with Crippen LogP contribution in [0.4, 0.5) is 5.13 Å². The van der Waals surface area contributed by atoms with Gasteiger partial charge in [-0.2, -0.15) is 0 Å². The van der Waals surface area contributed by atoms with Gasteiger partial charge in [-0.25, -0.2) is 4.98 Å². The van der Waals surface area contributed by atoms with Crippen molar-refractivity contribution >= 4 is 22.4 Å². The van der Waals surface area contributed by atoms with Gasteiger partial charge in [-0.3, -0.25) is 4.79 Å². The first kappa shape index (κ1) is 17.4. The highest BCUT2D eigenvalue weighted by Crippen LogP contribution is 2.46. The van der Waals surface area contributed by atoms with E-state index in [1.54, 1.807) is 0 Å². The molecular formula is C18H28N4OS. The molecular weight excluding hydrogens is 320 g/mol. The van der Waals surface area contributed by atoms with Gasteiger partial charge in [-0.05, 0) is 52.4 Å². The van der Waals surface area contributed by atoms with Crippen LogP contribution in [-0.4, -0.2) is 29.5 Å². The number of hydrogen-bond donors (Lipinski definition) is 3. The summed E-state index contributed by atoms with van der Waals surface area (Å²) in [5, 5.41) is 9.42. The number of nitrogens with two attached hydrogens (primary N) is 1. The van der Waals surface area contributed by atoms with Crippen LogP contribution in [0.25, 0.3) is 0 Å². The van der Waals surface area contributed by atoms with Gasteiger partial charge in [0.25, 0.3) is 0 Å². The number of nitrogens with zero attached hydrogens (tertiary/aromatic N) is 1. The predicted octanol–water partition coefficient (Wildman–Crippen LogP) is 2.64. The molecule has 0 saturated carbocycles. The summed E-state index contributed by atoms with van der Waals surface area (Å²) in [5.41, 5.74) is 7.69. The summed E-state index contributed by atoms with van der Waals surface area (Å²) in [6.45, 7) is 4.90. The molecule has 5 nitrogen and oxygen atoms in total. The summed E-state index contributed by atoms with van der Waals surface area (Å²) >= 11 is 1.47. The van der Waals surface area contributed by atoms with E-state index in [0.717, 1.165) is 37.8 Å².